The number of amides is 1. The third kappa shape index (κ3) is 3.23. The molecule has 1 aromatic heterocycles. The first-order valence-electron chi connectivity index (χ1n) is 7.87. The van der Waals surface area contributed by atoms with Crippen LogP contribution >= 0.6 is 11.3 Å². The number of rotatable bonds is 4. The van der Waals surface area contributed by atoms with E-state index in [1.165, 1.54) is 18.4 Å². The third-order valence-corrected chi connectivity index (χ3v) is 5.37. The van der Waals surface area contributed by atoms with E-state index in [9.17, 15) is 4.79 Å². The van der Waals surface area contributed by atoms with Crippen LogP contribution in [0.15, 0.2) is 16.8 Å². The van der Waals surface area contributed by atoms with Crippen molar-refractivity contribution in [3.63, 3.8) is 0 Å². The van der Waals surface area contributed by atoms with Crippen LogP contribution in [0, 0.1) is 5.92 Å². The van der Waals surface area contributed by atoms with E-state index >= 15 is 0 Å². The predicted octanol–water partition coefficient (Wildman–Crippen LogP) is 3.19. The maximum absolute atomic E-state index is 12.5. The summed E-state index contributed by atoms with van der Waals surface area (Å²) in [5, 5.41) is 7.75. The van der Waals surface area contributed by atoms with E-state index in [4.69, 9.17) is 0 Å². The molecule has 1 aromatic rings. The Morgan fingerprint density at radius 3 is 3.10 bits per heavy atom. The summed E-state index contributed by atoms with van der Waals surface area (Å²) in [6.45, 7) is 3.19. The van der Waals surface area contributed by atoms with E-state index < -0.39 is 0 Å². The van der Waals surface area contributed by atoms with Gasteiger partial charge in [0.1, 0.15) is 0 Å². The van der Waals surface area contributed by atoms with Crippen LogP contribution in [0.5, 0.6) is 0 Å². The van der Waals surface area contributed by atoms with Gasteiger partial charge in [-0.1, -0.05) is 0 Å². The first-order valence-corrected chi connectivity index (χ1v) is 8.81. The molecule has 0 aromatic carbocycles. The van der Waals surface area contributed by atoms with Crippen LogP contribution in [-0.2, 0) is 4.79 Å². The van der Waals surface area contributed by atoms with Crippen LogP contribution in [0.4, 0.5) is 0 Å². The molecular formula is C16H24N2OS. The van der Waals surface area contributed by atoms with Crippen LogP contribution in [0.25, 0.3) is 0 Å². The zero-order valence-electron chi connectivity index (χ0n) is 12.0. The fraction of sp³-hybridized carbons (Fsp3) is 0.688. The van der Waals surface area contributed by atoms with Crippen molar-refractivity contribution in [2.45, 2.75) is 44.6 Å². The number of carbonyl (C=O) groups is 1. The highest BCUT2D eigenvalue weighted by molar-refractivity contribution is 7.07. The minimum atomic E-state index is 0.346. The average molecular weight is 292 g/mol. The number of hydrogen-bond acceptors (Lipinski definition) is 3. The fourth-order valence-electron chi connectivity index (χ4n) is 3.52. The number of nitrogens with one attached hydrogen (secondary N) is 1. The van der Waals surface area contributed by atoms with Gasteiger partial charge < -0.3 is 10.2 Å². The second-order valence-corrected chi connectivity index (χ2v) is 6.83. The Hall–Kier alpha value is -0.870. The van der Waals surface area contributed by atoms with E-state index in [1.54, 1.807) is 11.3 Å². The highest BCUT2D eigenvalue weighted by Gasteiger charge is 2.30. The van der Waals surface area contributed by atoms with Gasteiger partial charge >= 0.3 is 0 Å². The van der Waals surface area contributed by atoms with E-state index in [-0.39, 0.29) is 0 Å². The summed E-state index contributed by atoms with van der Waals surface area (Å²) in [5.74, 6) is 1.07. The first kappa shape index (κ1) is 14.1. The van der Waals surface area contributed by atoms with Crippen molar-refractivity contribution >= 4 is 17.2 Å². The highest BCUT2D eigenvalue weighted by atomic mass is 32.1. The molecule has 0 saturated carbocycles. The third-order valence-electron chi connectivity index (χ3n) is 4.67. The summed E-state index contributed by atoms with van der Waals surface area (Å²) < 4.78 is 0. The van der Waals surface area contributed by atoms with Gasteiger partial charge in [0, 0.05) is 13.0 Å². The molecule has 3 heterocycles. The standard InChI is InChI=1S/C16H24N2OS/c19-16(6-5-13-3-1-8-17-11-13)18-9-2-4-15(18)14-7-10-20-12-14/h7,10,12-13,15,17H,1-6,8-9,11H2. The molecule has 0 radical (unpaired) electrons. The van der Waals surface area contributed by atoms with E-state index in [2.05, 4.69) is 27.0 Å². The minimum absolute atomic E-state index is 0.346. The zero-order chi connectivity index (χ0) is 13.8. The largest absolute Gasteiger partial charge is 0.336 e. The second-order valence-electron chi connectivity index (χ2n) is 6.05. The quantitative estimate of drug-likeness (QED) is 0.924. The molecule has 2 fully saturated rings. The number of likely N-dealkylation sites (tertiary alicyclic amines) is 1. The number of carbonyl (C=O) groups excluding carboxylic acids is 1. The molecule has 0 bridgehead atoms. The van der Waals surface area contributed by atoms with Gasteiger partial charge in [0.25, 0.3) is 0 Å². The van der Waals surface area contributed by atoms with Gasteiger partial charge in [-0.3, -0.25) is 4.79 Å². The van der Waals surface area contributed by atoms with Crippen LogP contribution in [0.1, 0.15) is 50.1 Å². The summed E-state index contributed by atoms with van der Waals surface area (Å²) in [4.78, 5) is 14.6. The molecule has 2 aliphatic heterocycles. The number of thiophene rings is 1. The molecule has 2 aliphatic rings. The molecule has 1 amide bonds. The molecule has 4 heteroatoms. The molecule has 1 N–H and O–H groups in total. The van der Waals surface area contributed by atoms with Crippen molar-refractivity contribution in [3.05, 3.63) is 22.4 Å². The van der Waals surface area contributed by atoms with Crippen LogP contribution < -0.4 is 5.32 Å². The lowest BCUT2D eigenvalue weighted by atomic mass is 9.94. The number of hydrogen-bond donors (Lipinski definition) is 1. The maximum Gasteiger partial charge on any atom is 0.223 e. The molecular weight excluding hydrogens is 268 g/mol. The molecule has 0 spiro atoms. The molecule has 3 nitrogen and oxygen atoms in total. The Bertz CT molecular complexity index is 426. The topological polar surface area (TPSA) is 32.3 Å². The van der Waals surface area contributed by atoms with Crippen molar-refractivity contribution in [2.75, 3.05) is 19.6 Å². The maximum atomic E-state index is 12.5. The molecule has 2 atom stereocenters. The van der Waals surface area contributed by atoms with Gasteiger partial charge in [-0.2, -0.15) is 11.3 Å². The van der Waals surface area contributed by atoms with Crippen LogP contribution in [0.3, 0.4) is 0 Å². The summed E-state index contributed by atoms with van der Waals surface area (Å²) in [5.41, 5.74) is 1.33. The van der Waals surface area contributed by atoms with Gasteiger partial charge in [0.15, 0.2) is 0 Å². The van der Waals surface area contributed by atoms with E-state index in [1.807, 2.05) is 0 Å². The lowest BCUT2D eigenvalue weighted by Gasteiger charge is -2.26. The van der Waals surface area contributed by atoms with Crippen molar-refractivity contribution in [2.24, 2.45) is 5.92 Å². The molecule has 20 heavy (non-hydrogen) atoms. The SMILES string of the molecule is O=C(CCC1CCCNC1)N1CCCC1c1ccsc1. The summed E-state index contributed by atoms with van der Waals surface area (Å²) >= 11 is 1.73. The lowest BCUT2D eigenvalue weighted by molar-refractivity contribution is -0.132. The van der Waals surface area contributed by atoms with Crippen LogP contribution in [0.2, 0.25) is 0 Å². The average Bonchev–Trinajstić information content (AvgIpc) is 3.15. The molecule has 3 rings (SSSR count). The zero-order valence-corrected chi connectivity index (χ0v) is 12.8. The number of nitrogens with zero attached hydrogens (tertiary/aromatic N) is 1. The summed E-state index contributed by atoms with van der Waals surface area (Å²) in [6.07, 6.45) is 6.62. The van der Waals surface area contributed by atoms with Gasteiger partial charge in [-0.25, -0.2) is 0 Å². The first-order chi connectivity index (χ1) is 9.84. The fourth-order valence-corrected chi connectivity index (χ4v) is 4.23. The Balaban J connectivity index is 1.53. The van der Waals surface area contributed by atoms with Crippen molar-refractivity contribution in [3.8, 4) is 0 Å². The molecule has 2 unspecified atom stereocenters. The highest BCUT2D eigenvalue weighted by Crippen LogP contribution is 2.33. The number of piperidine rings is 1. The Kier molecular flexibility index (Phi) is 4.73. The summed E-state index contributed by atoms with van der Waals surface area (Å²) in [7, 11) is 0. The Morgan fingerprint density at radius 2 is 2.35 bits per heavy atom. The lowest BCUT2D eigenvalue weighted by Crippen LogP contribution is -2.33. The Morgan fingerprint density at radius 1 is 1.40 bits per heavy atom. The normalized spacial score (nSPS) is 26.9. The van der Waals surface area contributed by atoms with Crippen molar-refractivity contribution in [1.82, 2.24) is 10.2 Å². The van der Waals surface area contributed by atoms with Crippen molar-refractivity contribution < 1.29 is 4.79 Å². The van der Waals surface area contributed by atoms with Gasteiger partial charge in [0.2, 0.25) is 5.91 Å². The molecule has 0 aliphatic carbocycles. The van der Waals surface area contributed by atoms with E-state index in [0.29, 0.717) is 17.9 Å². The smallest absolute Gasteiger partial charge is 0.223 e. The van der Waals surface area contributed by atoms with Gasteiger partial charge in [0.05, 0.1) is 6.04 Å². The predicted molar refractivity (Wildman–Crippen MR) is 82.8 cm³/mol. The van der Waals surface area contributed by atoms with E-state index in [0.717, 1.165) is 45.3 Å². The van der Waals surface area contributed by atoms with Crippen molar-refractivity contribution in [1.29, 1.82) is 0 Å². The second kappa shape index (κ2) is 6.72. The minimum Gasteiger partial charge on any atom is -0.336 e. The van der Waals surface area contributed by atoms with Crippen LogP contribution in [-0.4, -0.2) is 30.4 Å². The van der Waals surface area contributed by atoms with Gasteiger partial charge in [-0.05, 0) is 73.5 Å². The molecule has 110 valence electrons. The monoisotopic (exact) mass is 292 g/mol. The van der Waals surface area contributed by atoms with Gasteiger partial charge in [-0.15, -0.1) is 0 Å². The summed E-state index contributed by atoms with van der Waals surface area (Å²) in [6, 6.07) is 2.52. The Labute approximate surface area is 125 Å². The molecule has 2 saturated heterocycles.